The van der Waals surface area contributed by atoms with Gasteiger partial charge in [-0.05, 0) is 48.9 Å². The molecule has 3 aromatic rings. The third-order valence-corrected chi connectivity index (χ3v) is 4.64. The molecule has 130 valence electrons. The Balaban J connectivity index is 1.50. The molecular weight excluding hydrogens is 329 g/mol. The van der Waals surface area contributed by atoms with Crippen molar-refractivity contribution in [1.82, 2.24) is 19.9 Å². The van der Waals surface area contributed by atoms with Gasteiger partial charge in [0, 0.05) is 31.4 Å². The maximum absolute atomic E-state index is 12.8. The molecule has 0 amide bonds. The average molecular weight is 346 g/mol. The second-order valence-corrected chi connectivity index (χ2v) is 6.43. The summed E-state index contributed by atoms with van der Waals surface area (Å²) in [7, 11) is 0. The van der Waals surface area contributed by atoms with Crippen LogP contribution in [0.2, 0.25) is 0 Å². The Morgan fingerprint density at radius 3 is 2.72 bits per heavy atom. The number of fused-ring (bicyclic) bond motifs is 1. The molecule has 1 aromatic carbocycles. The zero-order valence-corrected chi connectivity index (χ0v) is 13.4. The summed E-state index contributed by atoms with van der Waals surface area (Å²) in [5.74, 6) is 0.982. The predicted molar refractivity (Wildman–Crippen MR) is 88.0 cm³/mol. The molecule has 7 heteroatoms. The number of imidazole rings is 1. The third kappa shape index (κ3) is 3.37. The SMILES string of the molecule is FC(F)(F)c1ccc2nc([C@H]3CCN(Cc4ccncc4)C3)[nH]c2c1. The molecule has 25 heavy (non-hydrogen) atoms. The molecule has 1 N–H and O–H groups in total. The quantitative estimate of drug-likeness (QED) is 0.781. The zero-order valence-electron chi connectivity index (χ0n) is 13.4. The van der Waals surface area contributed by atoms with Gasteiger partial charge in [0.05, 0.1) is 16.6 Å². The molecule has 0 saturated carbocycles. The molecular formula is C18H17F3N4. The van der Waals surface area contributed by atoms with E-state index in [1.165, 1.54) is 11.6 Å². The Hall–Kier alpha value is -2.41. The molecule has 0 bridgehead atoms. The van der Waals surface area contributed by atoms with Crippen molar-refractivity contribution >= 4 is 11.0 Å². The number of nitrogens with zero attached hydrogens (tertiary/aromatic N) is 3. The van der Waals surface area contributed by atoms with E-state index in [2.05, 4.69) is 19.9 Å². The summed E-state index contributed by atoms with van der Waals surface area (Å²) in [6.07, 6.45) is 0.159. The van der Waals surface area contributed by atoms with Crippen molar-refractivity contribution in [3.8, 4) is 0 Å². The number of hydrogen-bond donors (Lipinski definition) is 1. The summed E-state index contributed by atoms with van der Waals surface area (Å²) in [6, 6.07) is 7.63. The fourth-order valence-electron chi connectivity index (χ4n) is 3.34. The molecule has 0 spiro atoms. The number of benzene rings is 1. The summed E-state index contributed by atoms with van der Waals surface area (Å²) >= 11 is 0. The van der Waals surface area contributed by atoms with Gasteiger partial charge < -0.3 is 4.98 Å². The van der Waals surface area contributed by atoms with Crippen LogP contribution in [0.15, 0.2) is 42.7 Å². The first-order valence-electron chi connectivity index (χ1n) is 8.17. The lowest BCUT2D eigenvalue weighted by Crippen LogP contribution is -2.19. The fourth-order valence-corrected chi connectivity index (χ4v) is 3.34. The number of pyridine rings is 1. The summed E-state index contributed by atoms with van der Waals surface area (Å²) in [4.78, 5) is 13.9. The Bertz CT molecular complexity index is 873. The standard InChI is InChI=1S/C18H17F3N4/c19-18(20,21)14-1-2-15-16(9-14)24-17(23-15)13-5-8-25(11-13)10-12-3-6-22-7-4-12/h1-4,6-7,9,13H,5,8,10-11H2,(H,23,24)/t13-/m0/s1. The molecule has 1 atom stereocenters. The molecule has 0 unspecified atom stereocenters. The minimum absolute atomic E-state index is 0.212. The van der Waals surface area contributed by atoms with Crippen LogP contribution in [0, 0.1) is 0 Å². The summed E-state index contributed by atoms with van der Waals surface area (Å²) < 4.78 is 38.5. The smallest absolute Gasteiger partial charge is 0.342 e. The number of likely N-dealkylation sites (tertiary alicyclic amines) is 1. The first-order valence-corrected chi connectivity index (χ1v) is 8.17. The van der Waals surface area contributed by atoms with Crippen molar-refractivity contribution in [2.24, 2.45) is 0 Å². The van der Waals surface area contributed by atoms with Crippen LogP contribution in [0.4, 0.5) is 13.2 Å². The van der Waals surface area contributed by atoms with E-state index in [0.29, 0.717) is 11.0 Å². The number of aromatic nitrogens is 3. The van der Waals surface area contributed by atoms with Gasteiger partial charge >= 0.3 is 6.18 Å². The van der Waals surface area contributed by atoms with Crippen molar-refractivity contribution in [1.29, 1.82) is 0 Å². The average Bonchev–Trinajstić information content (AvgIpc) is 3.20. The lowest BCUT2D eigenvalue weighted by Gasteiger charge is -2.15. The van der Waals surface area contributed by atoms with Gasteiger partial charge in [-0.3, -0.25) is 9.88 Å². The van der Waals surface area contributed by atoms with E-state index in [1.807, 2.05) is 12.1 Å². The van der Waals surface area contributed by atoms with Gasteiger partial charge in [0.2, 0.25) is 0 Å². The molecule has 2 aromatic heterocycles. The zero-order chi connectivity index (χ0) is 17.4. The normalized spacial score (nSPS) is 18.9. The largest absolute Gasteiger partial charge is 0.416 e. The highest BCUT2D eigenvalue weighted by Gasteiger charge is 2.31. The maximum Gasteiger partial charge on any atom is 0.416 e. The van der Waals surface area contributed by atoms with Gasteiger partial charge in [0.25, 0.3) is 0 Å². The van der Waals surface area contributed by atoms with Crippen molar-refractivity contribution in [3.63, 3.8) is 0 Å². The summed E-state index contributed by atoms with van der Waals surface area (Å²) in [6.45, 7) is 2.63. The number of halogens is 3. The van der Waals surface area contributed by atoms with Crippen LogP contribution in [-0.2, 0) is 12.7 Å². The Kier molecular flexibility index (Phi) is 3.95. The van der Waals surface area contributed by atoms with E-state index in [-0.39, 0.29) is 5.92 Å². The van der Waals surface area contributed by atoms with Crippen LogP contribution in [0.25, 0.3) is 11.0 Å². The van der Waals surface area contributed by atoms with E-state index in [0.717, 1.165) is 44.0 Å². The van der Waals surface area contributed by atoms with E-state index < -0.39 is 11.7 Å². The van der Waals surface area contributed by atoms with Crippen LogP contribution in [0.1, 0.15) is 29.3 Å². The van der Waals surface area contributed by atoms with Gasteiger partial charge in [0.1, 0.15) is 5.82 Å². The van der Waals surface area contributed by atoms with Crippen molar-refractivity contribution in [2.75, 3.05) is 13.1 Å². The topological polar surface area (TPSA) is 44.8 Å². The monoisotopic (exact) mass is 346 g/mol. The molecule has 1 aliphatic heterocycles. The summed E-state index contributed by atoms with van der Waals surface area (Å²) in [5.41, 5.74) is 1.57. The van der Waals surface area contributed by atoms with E-state index >= 15 is 0 Å². The molecule has 3 heterocycles. The van der Waals surface area contributed by atoms with Gasteiger partial charge in [-0.15, -0.1) is 0 Å². The molecule has 1 saturated heterocycles. The molecule has 1 aliphatic rings. The van der Waals surface area contributed by atoms with E-state index in [4.69, 9.17) is 0 Å². The van der Waals surface area contributed by atoms with Crippen LogP contribution in [0.5, 0.6) is 0 Å². The summed E-state index contributed by atoms with van der Waals surface area (Å²) in [5, 5.41) is 0. The van der Waals surface area contributed by atoms with Crippen LogP contribution < -0.4 is 0 Å². The van der Waals surface area contributed by atoms with Crippen LogP contribution in [-0.4, -0.2) is 32.9 Å². The van der Waals surface area contributed by atoms with E-state index in [9.17, 15) is 13.2 Å². The minimum Gasteiger partial charge on any atom is -0.342 e. The number of alkyl halides is 3. The maximum atomic E-state index is 12.8. The first-order chi connectivity index (χ1) is 12.0. The number of nitrogens with one attached hydrogen (secondary N) is 1. The lowest BCUT2D eigenvalue weighted by atomic mass is 10.1. The molecule has 4 nitrogen and oxygen atoms in total. The van der Waals surface area contributed by atoms with Crippen molar-refractivity contribution in [2.45, 2.75) is 25.1 Å². The molecule has 0 aliphatic carbocycles. The van der Waals surface area contributed by atoms with Gasteiger partial charge in [-0.25, -0.2) is 4.98 Å². The second kappa shape index (κ2) is 6.15. The Morgan fingerprint density at radius 1 is 1.16 bits per heavy atom. The minimum atomic E-state index is -4.34. The first kappa shape index (κ1) is 16.1. The number of hydrogen-bond acceptors (Lipinski definition) is 3. The lowest BCUT2D eigenvalue weighted by molar-refractivity contribution is -0.137. The number of H-pyrrole nitrogens is 1. The van der Waals surface area contributed by atoms with Gasteiger partial charge in [-0.1, -0.05) is 0 Å². The predicted octanol–water partition coefficient (Wildman–Crippen LogP) is 3.97. The highest BCUT2D eigenvalue weighted by molar-refractivity contribution is 5.76. The second-order valence-electron chi connectivity index (χ2n) is 6.43. The van der Waals surface area contributed by atoms with Crippen LogP contribution in [0.3, 0.4) is 0 Å². The highest BCUT2D eigenvalue weighted by Crippen LogP contribution is 2.32. The van der Waals surface area contributed by atoms with Crippen molar-refractivity contribution in [3.05, 3.63) is 59.7 Å². The molecule has 1 fully saturated rings. The Labute approximate surface area is 142 Å². The van der Waals surface area contributed by atoms with E-state index in [1.54, 1.807) is 12.4 Å². The van der Waals surface area contributed by atoms with Gasteiger partial charge in [0.15, 0.2) is 0 Å². The third-order valence-electron chi connectivity index (χ3n) is 4.64. The molecule has 0 radical (unpaired) electrons. The molecule has 4 rings (SSSR count). The number of aromatic amines is 1. The Morgan fingerprint density at radius 2 is 1.96 bits per heavy atom. The van der Waals surface area contributed by atoms with Gasteiger partial charge in [-0.2, -0.15) is 13.2 Å². The van der Waals surface area contributed by atoms with Crippen molar-refractivity contribution < 1.29 is 13.2 Å². The van der Waals surface area contributed by atoms with Crippen LogP contribution >= 0.6 is 0 Å². The fraction of sp³-hybridized carbons (Fsp3) is 0.333. The number of rotatable bonds is 3. The highest BCUT2D eigenvalue weighted by atomic mass is 19.4.